The number of carbonyl (C=O) groups excluding carboxylic acids is 1. The van der Waals surface area contributed by atoms with Crippen molar-refractivity contribution in [2.75, 3.05) is 13.2 Å². The Morgan fingerprint density at radius 3 is 2.73 bits per heavy atom. The Hall–Kier alpha value is -0.670. The second-order valence-corrected chi connectivity index (χ2v) is 4.96. The number of Topliss-reactive ketones (excluding diaryl/α,β-unsaturated/α-hetero) is 1. The summed E-state index contributed by atoms with van der Waals surface area (Å²) in [6.07, 6.45) is 4.11. The van der Waals surface area contributed by atoms with Gasteiger partial charge >= 0.3 is 0 Å². The van der Waals surface area contributed by atoms with E-state index in [9.17, 15) is 4.79 Å². The van der Waals surface area contributed by atoms with E-state index >= 15 is 0 Å². The summed E-state index contributed by atoms with van der Waals surface area (Å²) in [5.41, 5.74) is 1.03. The Morgan fingerprint density at radius 1 is 1.40 bits per heavy atom. The molecule has 15 heavy (non-hydrogen) atoms. The van der Waals surface area contributed by atoms with Gasteiger partial charge in [-0.15, -0.1) is 0 Å². The zero-order valence-corrected chi connectivity index (χ0v) is 9.41. The van der Waals surface area contributed by atoms with Gasteiger partial charge in [-0.25, -0.2) is 0 Å². The van der Waals surface area contributed by atoms with Crippen LogP contribution in [0.4, 0.5) is 0 Å². The fraction of sp³-hybridized carbons (Fsp3) is 0.750. The molecule has 0 aromatic heterocycles. The van der Waals surface area contributed by atoms with Crippen molar-refractivity contribution in [1.82, 2.24) is 0 Å². The smallest absolute Gasteiger partial charge is 0.161 e. The Balaban J connectivity index is 2.04. The number of carbonyl (C=O) groups is 1. The lowest BCUT2D eigenvalue weighted by atomic mass is 9.78. The molecule has 0 atom stereocenters. The number of hydrogen-bond donors (Lipinski definition) is 0. The van der Waals surface area contributed by atoms with Gasteiger partial charge in [0.1, 0.15) is 0 Å². The van der Waals surface area contributed by atoms with Crippen molar-refractivity contribution in [2.24, 2.45) is 5.41 Å². The van der Waals surface area contributed by atoms with Crippen molar-refractivity contribution in [1.29, 1.82) is 0 Å². The molecular formula is C12H18O3. The lowest BCUT2D eigenvalue weighted by molar-refractivity contribution is -0.118. The maximum absolute atomic E-state index is 11.7. The van der Waals surface area contributed by atoms with E-state index in [1.165, 1.54) is 0 Å². The van der Waals surface area contributed by atoms with Crippen LogP contribution in [-0.4, -0.2) is 25.3 Å². The SMILES string of the molecule is CC1(C)C=C(CC2OCCO2)C(=O)CC1. The van der Waals surface area contributed by atoms with Crippen LogP contribution in [0.25, 0.3) is 0 Å². The van der Waals surface area contributed by atoms with Crippen molar-refractivity contribution in [3.63, 3.8) is 0 Å². The van der Waals surface area contributed by atoms with Crippen molar-refractivity contribution in [2.45, 2.75) is 39.4 Å². The van der Waals surface area contributed by atoms with Gasteiger partial charge in [0.25, 0.3) is 0 Å². The summed E-state index contributed by atoms with van der Waals surface area (Å²) in [4.78, 5) is 11.7. The minimum Gasteiger partial charge on any atom is -0.350 e. The fourth-order valence-electron chi connectivity index (χ4n) is 2.10. The van der Waals surface area contributed by atoms with E-state index in [-0.39, 0.29) is 17.5 Å². The lowest BCUT2D eigenvalue weighted by Gasteiger charge is -2.27. The molecular weight excluding hydrogens is 192 g/mol. The highest BCUT2D eigenvalue weighted by atomic mass is 16.7. The molecule has 84 valence electrons. The van der Waals surface area contributed by atoms with Gasteiger partial charge in [-0.2, -0.15) is 0 Å². The zero-order valence-electron chi connectivity index (χ0n) is 9.41. The third-order valence-corrected chi connectivity index (χ3v) is 3.00. The first kappa shape index (κ1) is 10.8. The first-order valence-electron chi connectivity index (χ1n) is 5.55. The predicted octanol–water partition coefficient (Wildman–Crippen LogP) is 2.06. The normalized spacial score (nSPS) is 26.8. The third kappa shape index (κ3) is 2.67. The zero-order chi connectivity index (χ0) is 10.9. The average molecular weight is 210 g/mol. The number of rotatable bonds is 2. The van der Waals surface area contributed by atoms with Crippen molar-refractivity contribution in [3.05, 3.63) is 11.6 Å². The highest BCUT2D eigenvalue weighted by Crippen LogP contribution is 2.33. The van der Waals surface area contributed by atoms with Gasteiger partial charge in [0.15, 0.2) is 12.1 Å². The summed E-state index contributed by atoms with van der Waals surface area (Å²) in [5.74, 6) is 0.258. The predicted molar refractivity (Wildman–Crippen MR) is 56.4 cm³/mol. The molecule has 0 unspecified atom stereocenters. The molecule has 1 aliphatic carbocycles. The van der Waals surface area contributed by atoms with E-state index in [0.29, 0.717) is 26.1 Å². The van der Waals surface area contributed by atoms with E-state index < -0.39 is 0 Å². The number of ketones is 1. The molecule has 1 aliphatic heterocycles. The Bertz CT molecular complexity index is 285. The number of allylic oxidation sites excluding steroid dienone is 1. The van der Waals surface area contributed by atoms with Crippen LogP contribution in [0, 0.1) is 5.41 Å². The Kier molecular flexibility index (Phi) is 2.94. The van der Waals surface area contributed by atoms with E-state index in [2.05, 4.69) is 19.9 Å². The van der Waals surface area contributed by atoms with Crippen LogP contribution >= 0.6 is 0 Å². The minimum atomic E-state index is -0.200. The van der Waals surface area contributed by atoms with Crippen molar-refractivity contribution < 1.29 is 14.3 Å². The summed E-state index contributed by atoms with van der Waals surface area (Å²) in [6.45, 7) is 5.62. The molecule has 1 heterocycles. The number of ether oxygens (including phenoxy) is 2. The molecule has 3 nitrogen and oxygen atoms in total. The average Bonchev–Trinajstić information content (AvgIpc) is 2.64. The molecule has 1 saturated heterocycles. The third-order valence-electron chi connectivity index (χ3n) is 3.00. The molecule has 2 aliphatic rings. The quantitative estimate of drug-likeness (QED) is 0.700. The molecule has 0 N–H and O–H groups in total. The summed E-state index contributed by atoms with van der Waals surface area (Å²) >= 11 is 0. The monoisotopic (exact) mass is 210 g/mol. The summed E-state index contributed by atoms with van der Waals surface area (Å²) in [5, 5.41) is 0. The van der Waals surface area contributed by atoms with Gasteiger partial charge in [-0.3, -0.25) is 4.79 Å². The highest BCUT2D eigenvalue weighted by Gasteiger charge is 2.28. The molecule has 3 heteroatoms. The molecule has 0 radical (unpaired) electrons. The molecule has 1 fully saturated rings. The standard InChI is InChI=1S/C12H18O3/c1-12(2)4-3-10(13)9(8-12)7-11-14-5-6-15-11/h8,11H,3-7H2,1-2H3. The summed E-state index contributed by atoms with van der Waals surface area (Å²) in [6, 6.07) is 0. The topological polar surface area (TPSA) is 35.5 Å². The Morgan fingerprint density at radius 2 is 2.07 bits per heavy atom. The highest BCUT2D eigenvalue weighted by molar-refractivity contribution is 5.96. The molecule has 0 aromatic rings. The molecule has 2 rings (SSSR count). The lowest BCUT2D eigenvalue weighted by Crippen LogP contribution is -2.22. The van der Waals surface area contributed by atoms with Crippen LogP contribution in [0.2, 0.25) is 0 Å². The fourth-order valence-corrected chi connectivity index (χ4v) is 2.10. The van der Waals surface area contributed by atoms with Crippen molar-refractivity contribution >= 4 is 5.78 Å². The maximum atomic E-state index is 11.7. The largest absolute Gasteiger partial charge is 0.350 e. The molecule has 0 bridgehead atoms. The second kappa shape index (κ2) is 4.06. The maximum Gasteiger partial charge on any atom is 0.161 e. The number of hydrogen-bond acceptors (Lipinski definition) is 3. The van der Waals surface area contributed by atoms with Crippen LogP contribution in [-0.2, 0) is 14.3 Å². The molecule has 0 amide bonds. The van der Waals surface area contributed by atoms with Crippen LogP contribution in [0.3, 0.4) is 0 Å². The van der Waals surface area contributed by atoms with Crippen LogP contribution in [0.15, 0.2) is 11.6 Å². The van der Waals surface area contributed by atoms with Gasteiger partial charge in [0, 0.05) is 12.8 Å². The Labute approximate surface area is 90.4 Å². The second-order valence-electron chi connectivity index (χ2n) is 4.96. The van der Waals surface area contributed by atoms with Gasteiger partial charge in [0.05, 0.1) is 13.2 Å². The van der Waals surface area contributed by atoms with Crippen LogP contribution in [0.1, 0.15) is 33.1 Å². The van der Waals surface area contributed by atoms with E-state index in [1.54, 1.807) is 0 Å². The first-order valence-corrected chi connectivity index (χ1v) is 5.55. The van der Waals surface area contributed by atoms with E-state index in [1.807, 2.05) is 0 Å². The molecule has 0 spiro atoms. The van der Waals surface area contributed by atoms with Gasteiger partial charge in [0.2, 0.25) is 0 Å². The van der Waals surface area contributed by atoms with Gasteiger partial charge in [-0.1, -0.05) is 19.9 Å². The minimum absolute atomic E-state index is 0.141. The van der Waals surface area contributed by atoms with Gasteiger partial charge in [-0.05, 0) is 17.4 Å². The summed E-state index contributed by atoms with van der Waals surface area (Å²) in [7, 11) is 0. The molecule has 0 aromatic carbocycles. The van der Waals surface area contributed by atoms with Crippen molar-refractivity contribution in [3.8, 4) is 0 Å². The van der Waals surface area contributed by atoms with E-state index in [4.69, 9.17) is 9.47 Å². The first-order chi connectivity index (χ1) is 7.07. The van der Waals surface area contributed by atoms with Crippen LogP contribution < -0.4 is 0 Å². The van der Waals surface area contributed by atoms with E-state index in [0.717, 1.165) is 12.0 Å². The van der Waals surface area contributed by atoms with Gasteiger partial charge < -0.3 is 9.47 Å². The van der Waals surface area contributed by atoms with Crippen LogP contribution in [0.5, 0.6) is 0 Å². The summed E-state index contributed by atoms with van der Waals surface area (Å²) < 4.78 is 10.7. The molecule has 0 saturated carbocycles.